The summed E-state index contributed by atoms with van der Waals surface area (Å²) in [5, 5.41) is 12.8. The van der Waals surface area contributed by atoms with Crippen LogP contribution in [0, 0.1) is 11.3 Å². The van der Waals surface area contributed by atoms with Crippen LogP contribution in [0.5, 0.6) is 0 Å². The van der Waals surface area contributed by atoms with Gasteiger partial charge in [0.2, 0.25) is 11.7 Å². The summed E-state index contributed by atoms with van der Waals surface area (Å²) in [6.45, 7) is 2.38. The van der Waals surface area contributed by atoms with E-state index in [0.29, 0.717) is 30.3 Å². The van der Waals surface area contributed by atoms with Crippen LogP contribution in [0.15, 0.2) is 28.8 Å². The van der Waals surface area contributed by atoms with Crippen LogP contribution in [-0.4, -0.2) is 41.8 Å². The smallest absolute Gasteiger partial charge is 0.231 e. The van der Waals surface area contributed by atoms with Crippen LogP contribution in [-0.2, 0) is 11.2 Å². The number of hydrogen-bond donors (Lipinski definition) is 0. The molecule has 1 aromatic carbocycles. The van der Waals surface area contributed by atoms with Gasteiger partial charge < -0.3 is 14.2 Å². The van der Waals surface area contributed by atoms with Gasteiger partial charge in [-0.3, -0.25) is 0 Å². The van der Waals surface area contributed by atoms with E-state index in [0.717, 1.165) is 18.7 Å². The highest BCUT2D eigenvalue weighted by molar-refractivity contribution is 5.32. The van der Waals surface area contributed by atoms with Gasteiger partial charge >= 0.3 is 0 Å². The highest BCUT2D eigenvalue weighted by atomic mass is 16.5. The van der Waals surface area contributed by atoms with Crippen molar-refractivity contribution in [3.8, 4) is 6.07 Å². The first kappa shape index (κ1) is 13.7. The predicted octanol–water partition coefficient (Wildman–Crippen LogP) is 1.54. The zero-order chi connectivity index (χ0) is 14.7. The van der Waals surface area contributed by atoms with Gasteiger partial charge in [0.25, 0.3) is 0 Å². The molecule has 0 N–H and O–H groups in total. The van der Waals surface area contributed by atoms with Gasteiger partial charge in [-0.25, -0.2) is 0 Å². The minimum atomic E-state index is -0.123. The van der Waals surface area contributed by atoms with Gasteiger partial charge in [-0.2, -0.15) is 10.2 Å². The van der Waals surface area contributed by atoms with E-state index in [1.54, 1.807) is 12.1 Å². The van der Waals surface area contributed by atoms with Crippen molar-refractivity contribution in [3.05, 3.63) is 47.1 Å². The molecule has 0 aliphatic carbocycles. The Morgan fingerprint density at radius 2 is 2.19 bits per heavy atom. The number of nitrogens with zero attached hydrogens (tertiary/aromatic N) is 4. The molecule has 0 bridgehead atoms. The molecule has 1 fully saturated rings. The molecule has 1 aliphatic heterocycles. The summed E-state index contributed by atoms with van der Waals surface area (Å²) in [7, 11) is 2.05. The summed E-state index contributed by atoms with van der Waals surface area (Å²) in [4.78, 5) is 6.60. The SMILES string of the molecule is CN1CCOC(c2noc(Cc3ccc(C#N)cc3)n2)C1. The summed E-state index contributed by atoms with van der Waals surface area (Å²) >= 11 is 0. The van der Waals surface area contributed by atoms with Gasteiger partial charge in [0.1, 0.15) is 6.10 Å². The number of benzene rings is 1. The summed E-state index contributed by atoms with van der Waals surface area (Å²) in [5.74, 6) is 1.16. The van der Waals surface area contributed by atoms with Crippen LogP contribution in [0.1, 0.15) is 28.9 Å². The number of morpholine rings is 1. The molecule has 6 nitrogen and oxygen atoms in total. The topological polar surface area (TPSA) is 75.2 Å². The van der Waals surface area contributed by atoms with E-state index in [9.17, 15) is 0 Å². The monoisotopic (exact) mass is 284 g/mol. The molecule has 1 aromatic heterocycles. The largest absolute Gasteiger partial charge is 0.367 e. The second kappa shape index (κ2) is 6.04. The van der Waals surface area contributed by atoms with Gasteiger partial charge in [0.15, 0.2) is 0 Å². The number of rotatable bonds is 3. The van der Waals surface area contributed by atoms with E-state index in [4.69, 9.17) is 14.5 Å². The molecule has 1 unspecified atom stereocenters. The fourth-order valence-corrected chi connectivity index (χ4v) is 2.28. The van der Waals surface area contributed by atoms with Gasteiger partial charge in [-0.15, -0.1) is 0 Å². The van der Waals surface area contributed by atoms with Crippen LogP contribution in [0.25, 0.3) is 0 Å². The Hall–Kier alpha value is -2.23. The maximum atomic E-state index is 8.78. The number of likely N-dealkylation sites (N-methyl/N-ethyl adjacent to an activating group) is 1. The summed E-state index contributed by atoms with van der Waals surface area (Å²) < 4.78 is 11.0. The fourth-order valence-electron chi connectivity index (χ4n) is 2.28. The van der Waals surface area contributed by atoms with Gasteiger partial charge in [-0.05, 0) is 24.7 Å². The molecule has 0 amide bonds. The Morgan fingerprint density at radius 3 is 2.90 bits per heavy atom. The maximum absolute atomic E-state index is 8.78. The molecule has 1 saturated heterocycles. The lowest BCUT2D eigenvalue weighted by atomic mass is 10.1. The number of ether oxygens (including phenoxy) is 1. The molecule has 1 aliphatic rings. The zero-order valence-electron chi connectivity index (χ0n) is 11.8. The molecule has 21 heavy (non-hydrogen) atoms. The predicted molar refractivity (Wildman–Crippen MR) is 74.5 cm³/mol. The lowest BCUT2D eigenvalue weighted by molar-refractivity contribution is -0.0264. The highest BCUT2D eigenvalue weighted by Gasteiger charge is 2.24. The average molecular weight is 284 g/mol. The zero-order valence-corrected chi connectivity index (χ0v) is 11.8. The summed E-state index contributed by atoms with van der Waals surface area (Å²) in [5.41, 5.74) is 1.68. The lowest BCUT2D eigenvalue weighted by Crippen LogP contribution is -2.35. The number of aromatic nitrogens is 2. The quantitative estimate of drug-likeness (QED) is 0.851. The minimum absolute atomic E-state index is 0.123. The van der Waals surface area contributed by atoms with E-state index < -0.39 is 0 Å². The van der Waals surface area contributed by atoms with Crippen LogP contribution in [0.4, 0.5) is 0 Å². The van der Waals surface area contributed by atoms with Gasteiger partial charge in [0.05, 0.1) is 24.7 Å². The lowest BCUT2D eigenvalue weighted by Gasteiger charge is -2.27. The molecular weight excluding hydrogens is 268 g/mol. The molecule has 0 saturated carbocycles. The Morgan fingerprint density at radius 1 is 1.38 bits per heavy atom. The van der Waals surface area contributed by atoms with Crippen molar-refractivity contribution >= 4 is 0 Å². The average Bonchev–Trinajstić information content (AvgIpc) is 2.97. The standard InChI is InChI=1S/C15H16N4O2/c1-19-6-7-20-13(10-19)15-17-14(21-18-15)8-11-2-4-12(9-16)5-3-11/h2-5,13H,6-8,10H2,1H3. The normalized spacial score (nSPS) is 19.3. The van der Waals surface area contributed by atoms with Crippen LogP contribution in [0.3, 0.4) is 0 Å². The molecular formula is C15H16N4O2. The first-order valence-electron chi connectivity index (χ1n) is 6.86. The third-order valence-corrected chi connectivity index (χ3v) is 3.48. The van der Waals surface area contributed by atoms with E-state index in [2.05, 4.69) is 21.1 Å². The van der Waals surface area contributed by atoms with Crippen molar-refractivity contribution in [2.45, 2.75) is 12.5 Å². The van der Waals surface area contributed by atoms with Crippen molar-refractivity contribution in [1.82, 2.24) is 15.0 Å². The van der Waals surface area contributed by atoms with E-state index in [1.807, 2.05) is 19.2 Å². The molecule has 0 spiro atoms. The Balaban J connectivity index is 1.68. The highest BCUT2D eigenvalue weighted by Crippen LogP contribution is 2.19. The molecule has 0 radical (unpaired) electrons. The molecule has 108 valence electrons. The first-order valence-corrected chi connectivity index (χ1v) is 6.86. The summed E-state index contributed by atoms with van der Waals surface area (Å²) in [6, 6.07) is 9.46. The van der Waals surface area contributed by atoms with Crippen LogP contribution < -0.4 is 0 Å². The first-order chi connectivity index (χ1) is 10.2. The molecule has 6 heteroatoms. The number of hydrogen-bond acceptors (Lipinski definition) is 6. The van der Waals surface area contributed by atoms with E-state index in [-0.39, 0.29) is 6.10 Å². The van der Waals surface area contributed by atoms with E-state index >= 15 is 0 Å². The Kier molecular flexibility index (Phi) is 3.95. The van der Waals surface area contributed by atoms with Crippen molar-refractivity contribution < 1.29 is 9.26 Å². The fraction of sp³-hybridized carbons (Fsp3) is 0.400. The third-order valence-electron chi connectivity index (χ3n) is 3.48. The van der Waals surface area contributed by atoms with Crippen molar-refractivity contribution in [2.75, 3.05) is 26.7 Å². The molecule has 1 atom stereocenters. The molecule has 3 rings (SSSR count). The summed E-state index contributed by atoms with van der Waals surface area (Å²) in [6.07, 6.45) is 0.434. The maximum Gasteiger partial charge on any atom is 0.231 e. The Bertz CT molecular complexity index is 644. The Labute approximate surface area is 122 Å². The minimum Gasteiger partial charge on any atom is -0.367 e. The van der Waals surface area contributed by atoms with Crippen molar-refractivity contribution in [2.24, 2.45) is 0 Å². The van der Waals surface area contributed by atoms with E-state index in [1.165, 1.54) is 0 Å². The molecule has 2 heterocycles. The van der Waals surface area contributed by atoms with Crippen molar-refractivity contribution in [3.63, 3.8) is 0 Å². The molecule has 2 aromatic rings. The van der Waals surface area contributed by atoms with Crippen LogP contribution >= 0.6 is 0 Å². The van der Waals surface area contributed by atoms with Crippen molar-refractivity contribution in [1.29, 1.82) is 5.26 Å². The van der Waals surface area contributed by atoms with Crippen LogP contribution in [0.2, 0.25) is 0 Å². The second-order valence-electron chi connectivity index (χ2n) is 5.15. The number of nitriles is 1. The van der Waals surface area contributed by atoms with Gasteiger partial charge in [-0.1, -0.05) is 17.3 Å². The third kappa shape index (κ3) is 3.27. The van der Waals surface area contributed by atoms with Gasteiger partial charge in [0, 0.05) is 13.1 Å². The second-order valence-corrected chi connectivity index (χ2v) is 5.15.